The summed E-state index contributed by atoms with van der Waals surface area (Å²) in [5.41, 5.74) is 0. The van der Waals surface area contributed by atoms with Crippen molar-refractivity contribution in [3.8, 4) is 0 Å². The predicted molar refractivity (Wildman–Crippen MR) is 277 cm³/mol. The zero-order valence-electron chi connectivity index (χ0n) is 44.4. The molecule has 0 saturated carbocycles. The average molecular weight is 920 g/mol. The van der Waals surface area contributed by atoms with Gasteiger partial charge in [-0.25, -0.2) is 0 Å². The molecule has 0 spiro atoms. The Balaban J connectivity index is 0. The number of esters is 2. The number of nitrogens with zero attached hydrogens (tertiary/aromatic N) is 1. The first-order chi connectivity index (χ1) is 31.8. The van der Waals surface area contributed by atoms with Crippen LogP contribution < -0.4 is 0 Å². The highest BCUT2D eigenvalue weighted by Crippen LogP contribution is 2.26. The van der Waals surface area contributed by atoms with Gasteiger partial charge in [0.2, 0.25) is 5.91 Å². The fraction of sp³-hybridized carbons (Fsp3) is 0.877. The van der Waals surface area contributed by atoms with Gasteiger partial charge in [0.25, 0.3) is 0 Å². The molecule has 0 bridgehead atoms. The standard InChI is InChI=1S/C51H93NO7.2C3H8/c1-5-9-13-17-20-21-22-23-24-25-26-27-28-29-33-37-49(54)58-44-46-42-52(48(53)36-32-16-12-8-4)43-47(46)45-59-50(55)38-39-51(56-40-34-30-18-14-10-6-2)57-41-35-31-19-15-11-7-3;2*1-3-2/h20-21,23-24,46-47,51H,5-19,22,25-45H2,1-4H3;2*3H2,1-2H3/b21-20-,24-23-;;. The number of carbonyl (C=O) groups excluding carboxylic acids is 3. The first kappa shape index (κ1) is 64.9. The summed E-state index contributed by atoms with van der Waals surface area (Å²) in [6.45, 7) is 20.2. The quantitative estimate of drug-likeness (QED) is 0.0261. The van der Waals surface area contributed by atoms with E-state index in [1.165, 1.54) is 103 Å². The number of hydrogen-bond acceptors (Lipinski definition) is 7. The third-order valence-electron chi connectivity index (χ3n) is 11.6. The van der Waals surface area contributed by atoms with Crippen LogP contribution in [0, 0.1) is 11.8 Å². The molecule has 384 valence electrons. The zero-order valence-corrected chi connectivity index (χ0v) is 44.4. The Morgan fingerprint density at radius 3 is 1.32 bits per heavy atom. The highest BCUT2D eigenvalue weighted by molar-refractivity contribution is 5.76. The Labute approximate surface area is 404 Å². The van der Waals surface area contributed by atoms with Crippen molar-refractivity contribution < 1.29 is 33.3 Å². The zero-order chi connectivity index (χ0) is 48.3. The van der Waals surface area contributed by atoms with E-state index in [4.69, 9.17) is 18.9 Å². The Morgan fingerprint density at radius 1 is 0.462 bits per heavy atom. The lowest BCUT2D eigenvalue weighted by atomic mass is 9.98. The van der Waals surface area contributed by atoms with Gasteiger partial charge in [0.1, 0.15) is 0 Å². The summed E-state index contributed by atoms with van der Waals surface area (Å²) >= 11 is 0. The summed E-state index contributed by atoms with van der Waals surface area (Å²) in [5.74, 6) is -0.424. The molecule has 65 heavy (non-hydrogen) atoms. The first-order valence-corrected chi connectivity index (χ1v) is 27.9. The highest BCUT2D eigenvalue weighted by atomic mass is 16.7. The van der Waals surface area contributed by atoms with E-state index in [2.05, 4.69) is 79.7 Å². The van der Waals surface area contributed by atoms with Gasteiger partial charge in [0.05, 0.1) is 19.6 Å². The minimum absolute atomic E-state index is 0.0509. The molecule has 1 rings (SSSR count). The van der Waals surface area contributed by atoms with Crippen molar-refractivity contribution >= 4 is 17.8 Å². The van der Waals surface area contributed by atoms with Crippen LogP contribution in [0.4, 0.5) is 0 Å². The summed E-state index contributed by atoms with van der Waals surface area (Å²) in [4.78, 5) is 40.9. The summed E-state index contributed by atoms with van der Waals surface area (Å²) in [7, 11) is 0. The maximum Gasteiger partial charge on any atom is 0.305 e. The summed E-state index contributed by atoms with van der Waals surface area (Å²) in [6.07, 6.45) is 44.0. The van der Waals surface area contributed by atoms with Crippen molar-refractivity contribution in [1.29, 1.82) is 0 Å². The van der Waals surface area contributed by atoms with Crippen molar-refractivity contribution in [2.24, 2.45) is 11.8 Å². The van der Waals surface area contributed by atoms with Crippen molar-refractivity contribution in [2.45, 2.75) is 274 Å². The molecule has 0 N–H and O–H groups in total. The highest BCUT2D eigenvalue weighted by Gasteiger charge is 2.36. The van der Waals surface area contributed by atoms with E-state index in [0.717, 1.165) is 83.5 Å². The molecule has 0 aliphatic carbocycles. The number of unbranched alkanes of at least 4 members (excludes halogenated alkanes) is 21. The van der Waals surface area contributed by atoms with Gasteiger partial charge >= 0.3 is 11.9 Å². The lowest BCUT2D eigenvalue weighted by Gasteiger charge is -2.20. The SMILES string of the molecule is CCC.CCC.CCCCC/C=C\C/C=C\CCCCCCCC(=O)OCC1CN(C(=O)CCCCCC)CC1COC(=O)CCC(OCCCCCCCC)OCCCCCCCC. The fourth-order valence-corrected chi connectivity index (χ4v) is 7.65. The number of amides is 1. The number of carbonyl (C=O) groups is 3. The van der Waals surface area contributed by atoms with Gasteiger partial charge < -0.3 is 23.8 Å². The van der Waals surface area contributed by atoms with Crippen LogP contribution in [0.2, 0.25) is 0 Å². The van der Waals surface area contributed by atoms with E-state index in [1.54, 1.807) is 0 Å². The minimum Gasteiger partial charge on any atom is -0.465 e. The van der Waals surface area contributed by atoms with Gasteiger partial charge in [-0.3, -0.25) is 14.4 Å². The molecule has 1 fully saturated rings. The Kier molecular flexibility index (Phi) is 52.7. The van der Waals surface area contributed by atoms with Crippen molar-refractivity contribution in [1.82, 2.24) is 4.90 Å². The maximum absolute atomic E-state index is 13.1. The smallest absolute Gasteiger partial charge is 0.305 e. The van der Waals surface area contributed by atoms with E-state index >= 15 is 0 Å². The van der Waals surface area contributed by atoms with Crippen LogP contribution in [0.1, 0.15) is 267 Å². The largest absolute Gasteiger partial charge is 0.465 e. The number of allylic oxidation sites excluding steroid dienone is 4. The van der Waals surface area contributed by atoms with Crippen LogP contribution in [0.25, 0.3) is 0 Å². The Morgan fingerprint density at radius 2 is 0.831 bits per heavy atom. The lowest BCUT2D eigenvalue weighted by molar-refractivity contribution is -0.160. The van der Waals surface area contributed by atoms with E-state index in [1.807, 2.05) is 4.90 Å². The Hall–Kier alpha value is -2.19. The van der Waals surface area contributed by atoms with Crippen LogP contribution in [-0.2, 0) is 33.3 Å². The second-order valence-electron chi connectivity index (χ2n) is 18.6. The molecule has 0 radical (unpaired) electrons. The van der Waals surface area contributed by atoms with Crippen molar-refractivity contribution in [2.75, 3.05) is 39.5 Å². The van der Waals surface area contributed by atoms with E-state index in [-0.39, 0.29) is 49.3 Å². The molecule has 1 aliphatic rings. The third-order valence-corrected chi connectivity index (χ3v) is 11.6. The van der Waals surface area contributed by atoms with E-state index in [0.29, 0.717) is 45.6 Å². The van der Waals surface area contributed by atoms with Gasteiger partial charge in [0.15, 0.2) is 6.29 Å². The van der Waals surface area contributed by atoms with Crippen molar-refractivity contribution in [3.63, 3.8) is 0 Å². The van der Waals surface area contributed by atoms with Crippen LogP contribution in [-0.4, -0.2) is 68.6 Å². The molecule has 0 aromatic carbocycles. The number of rotatable bonds is 42. The van der Waals surface area contributed by atoms with Crippen LogP contribution in [0.15, 0.2) is 24.3 Å². The lowest BCUT2D eigenvalue weighted by Crippen LogP contribution is -2.29. The van der Waals surface area contributed by atoms with Crippen LogP contribution in [0.5, 0.6) is 0 Å². The summed E-state index contributed by atoms with van der Waals surface area (Å²) in [6, 6.07) is 0. The molecule has 2 atom stereocenters. The number of hydrogen-bond donors (Lipinski definition) is 0. The number of ether oxygens (including phenoxy) is 4. The fourth-order valence-electron chi connectivity index (χ4n) is 7.65. The molecule has 1 amide bonds. The van der Waals surface area contributed by atoms with E-state index < -0.39 is 6.29 Å². The molecular formula is C57H109NO7. The maximum atomic E-state index is 13.1. The molecular weight excluding hydrogens is 811 g/mol. The topological polar surface area (TPSA) is 91.4 Å². The van der Waals surface area contributed by atoms with Crippen LogP contribution in [0.3, 0.4) is 0 Å². The molecule has 1 heterocycles. The molecule has 1 aliphatic heterocycles. The van der Waals surface area contributed by atoms with Gasteiger partial charge in [-0.05, 0) is 57.8 Å². The third kappa shape index (κ3) is 45.4. The molecule has 8 nitrogen and oxygen atoms in total. The molecule has 8 heteroatoms. The predicted octanol–water partition coefficient (Wildman–Crippen LogP) is 16.6. The van der Waals surface area contributed by atoms with Gasteiger partial charge in [0, 0.05) is 57.4 Å². The normalized spacial score (nSPS) is 14.8. The first-order valence-electron chi connectivity index (χ1n) is 27.9. The van der Waals surface area contributed by atoms with Gasteiger partial charge in [-0.1, -0.05) is 208 Å². The second-order valence-corrected chi connectivity index (χ2v) is 18.6. The minimum atomic E-state index is -0.409. The molecule has 2 unspecified atom stereocenters. The second kappa shape index (κ2) is 52.8. The monoisotopic (exact) mass is 920 g/mol. The summed E-state index contributed by atoms with van der Waals surface area (Å²) < 4.78 is 23.9. The number of likely N-dealkylation sites (tertiary alicyclic amines) is 1. The van der Waals surface area contributed by atoms with Gasteiger partial charge in [-0.15, -0.1) is 0 Å². The Bertz CT molecular complexity index is 1060. The summed E-state index contributed by atoms with van der Waals surface area (Å²) in [5, 5.41) is 0. The molecule has 0 aromatic rings. The van der Waals surface area contributed by atoms with Crippen LogP contribution >= 0.6 is 0 Å². The van der Waals surface area contributed by atoms with E-state index in [9.17, 15) is 14.4 Å². The van der Waals surface area contributed by atoms with Gasteiger partial charge in [-0.2, -0.15) is 0 Å². The molecule has 0 aromatic heterocycles. The molecule has 1 saturated heterocycles. The average Bonchev–Trinajstić information content (AvgIpc) is 3.72. The van der Waals surface area contributed by atoms with Crippen molar-refractivity contribution in [3.05, 3.63) is 24.3 Å².